The van der Waals surface area contributed by atoms with E-state index in [4.69, 9.17) is 14.1 Å². The molecule has 0 atom stereocenters. The Hall–Kier alpha value is -2.43. The van der Waals surface area contributed by atoms with E-state index < -0.39 is 0 Å². The van der Waals surface area contributed by atoms with E-state index in [2.05, 4.69) is 51.7 Å². The number of rotatable bonds is 8. The second-order valence-corrected chi connectivity index (χ2v) is 7.77. The highest BCUT2D eigenvalue weighted by Gasteiger charge is 2.11. The first-order valence-electron chi connectivity index (χ1n) is 11.2. The normalized spacial score (nSPS) is 14.5. The predicted molar refractivity (Wildman–Crippen MR) is 142 cm³/mol. The number of nitrogens with zero attached hydrogens (tertiary/aromatic N) is 3. The Balaban J connectivity index is 0.00000306. The molecule has 0 bridgehead atoms. The molecular weight excluding hydrogens is 529 g/mol. The van der Waals surface area contributed by atoms with Crippen molar-refractivity contribution in [3.63, 3.8) is 0 Å². The molecular formula is C25H32IN5O2. The Morgan fingerprint density at radius 2 is 1.82 bits per heavy atom. The number of hydrogen-bond donors (Lipinski definition) is 2. The number of guanidine groups is 1. The zero-order chi connectivity index (χ0) is 22.0. The molecule has 2 N–H and O–H groups in total. The summed E-state index contributed by atoms with van der Waals surface area (Å²) in [5.74, 6) is 1.39. The van der Waals surface area contributed by atoms with Gasteiger partial charge in [0.25, 0.3) is 0 Å². The van der Waals surface area contributed by atoms with Gasteiger partial charge in [0.2, 0.25) is 5.89 Å². The zero-order valence-electron chi connectivity index (χ0n) is 19.0. The molecule has 2 aromatic carbocycles. The highest BCUT2D eigenvalue weighted by Crippen LogP contribution is 2.17. The van der Waals surface area contributed by atoms with Crippen molar-refractivity contribution in [3.05, 3.63) is 77.7 Å². The van der Waals surface area contributed by atoms with Crippen molar-refractivity contribution in [2.75, 3.05) is 32.8 Å². The molecule has 0 radical (unpaired) electrons. The number of aromatic nitrogens is 1. The molecule has 0 aliphatic carbocycles. The molecule has 4 rings (SSSR count). The van der Waals surface area contributed by atoms with Crippen LogP contribution in [0.25, 0.3) is 11.5 Å². The summed E-state index contributed by atoms with van der Waals surface area (Å²) in [6.07, 6.45) is 1.69. The molecule has 33 heavy (non-hydrogen) atoms. The Morgan fingerprint density at radius 3 is 2.61 bits per heavy atom. The van der Waals surface area contributed by atoms with Gasteiger partial charge in [0.1, 0.15) is 6.26 Å². The van der Waals surface area contributed by atoms with Gasteiger partial charge in [-0.1, -0.05) is 42.5 Å². The van der Waals surface area contributed by atoms with Gasteiger partial charge in [-0.05, 0) is 30.2 Å². The summed E-state index contributed by atoms with van der Waals surface area (Å²) in [6, 6.07) is 18.6. The summed E-state index contributed by atoms with van der Waals surface area (Å²) >= 11 is 0. The van der Waals surface area contributed by atoms with Gasteiger partial charge in [-0.3, -0.25) is 4.90 Å². The van der Waals surface area contributed by atoms with Crippen LogP contribution >= 0.6 is 24.0 Å². The number of oxazole rings is 1. The molecule has 7 nitrogen and oxygen atoms in total. The lowest BCUT2D eigenvalue weighted by atomic mass is 10.1. The smallest absolute Gasteiger partial charge is 0.226 e. The summed E-state index contributed by atoms with van der Waals surface area (Å²) in [4.78, 5) is 11.8. The topological polar surface area (TPSA) is 74.9 Å². The fraction of sp³-hybridized carbons (Fsp3) is 0.360. The van der Waals surface area contributed by atoms with Gasteiger partial charge in [-0.15, -0.1) is 24.0 Å². The maximum Gasteiger partial charge on any atom is 0.226 e. The average molecular weight is 561 g/mol. The monoisotopic (exact) mass is 561 g/mol. The Bertz CT molecular complexity index is 1000. The van der Waals surface area contributed by atoms with Gasteiger partial charge >= 0.3 is 0 Å². The van der Waals surface area contributed by atoms with E-state index in [0.29, 0.717) is 19.0 Å². The molecule has 0 unspecified atom stereocenters. The van der Waals surface area contributed by atoms with E-state index >= 15 is 0 Å². The largest absolute Gasteiger partial charge is 0.444 e. The minimum Gasteiger partial charge on any atom is -0.444 e. The second-order valence-electron chi connectivity index (χ2n) is 7.77. The SMILES string of the molecule is CCNC(=NCc1cccc(CN2CCOCC2)c1)NCc1coc(-c2ccccc2)n1.I. The first-order valence-corrected chi connectivity index (χ1v) is 11.2. The van der Waals surface area contributed by atoms with E-state index in [9.17, 15) is 0 Å². The zero-order valence-corrected chi connectivity index (χ0v) is 21.3. The summed E-state index contributed by atoms with van der Waals surface area (Å²) in [5, 5.41) is 6.65. The first kappa shape index (κ1) is 25.2. The second kappa shape index (κ2) is 13.3. The number of aliphatic imine (C=N–C) groups is 1. The molecule has 0 saturated carbocycles. The van der Waals surface area contributed by atoms with Crippen LogP contribution in [0, 0.1) is 0 Å². The van der Waals surface area contributed by atoms with Crippen molar-refractivity contribution < 1.29 is 9.15 Å². The highest BCUT2D eigenvalue weighted by molar-refractivity contribution is 14.0. The van der Waals surface area contributed by atoms with Crippen molar-refractivity contribution in [2.45, 2.75) is 26.6 Å². The highest BCUT2D eigenvalue weighted by atomic mass is 127. The summed E-state index contributed by atoms with van der Waals surface area (Å²) in [7, 11) is 0. The predicted octanol–water partition coefficient (Wildman–Crippen LogP) is 4.05. The number of benzene rings is 2. The summed E-state index contributed by atoms with van der Waals surface area (Å²) in [5.41, 5.74) is 4.31. The molecule has 0 amide bonds. The number of ether oxygens (including phenoxy) is 1. The molecule has 0 spiro atoms. The Morgan fingerprint density at radius 1 is 1.03 bits per heavy atom. The molecule has 2 heterocycles. The Kier molecular flexibility index (Phi) is 10.2. The van der Waals surface area contributed by atoms with Crippen LogP contribution in [0.4, 0.5) is 0 Å². The van der Waals surface area contributed by atoms with Crippen LogP contribution in [0.15, 0.2) is 70.3 Å². The maximum absolute atomic E-state index is 5.62. The lowest BCUT2D eigenvalue weighted by molar-refractivity contribution is 0.0342. The molecule has 1 saturated heterocycles. The van der Waals surface area contributed by atoms with Crippen LogP contribution in [0.5, 0.6) is 0 Å². The molecule has 8 heteroatoms. The first-order chi connectivity index (χ1) is 15.8. The fourth-order valence-electron chi connectivity index (χ4n) is 3.63. The third-order valence-electron chi connectivity index (χ3n) is 5.27. The van der Waals surface area contributed by atoms with Gasteiger partial charge < -0.3 is 19.8 Å². The van der Waals surface area contributed by atoms with E-state index in [1.807, 2.05) is 30.3 Å². The van der Waals surface area contributed by atoms with E-state index in [1.165, 1.54) is 11.1 Å². The third-order valence-corrected chi connectivity index (χ3v) is 5.27. The van der Waals surface area contributed by atoms with Crippen LogP contribution in [0.3, 0.4) is 0 Å². The van der Waals surface area contributed by atoms with E-state index in [0.717, 1.165) is 56.6 Å². The van der Waals surface area contributed by atoms with Crippen molar-refractivity contribution in [1.82, 2.24) is 20.5 Å². The third kappa shape index (κ3) is 7.83. The molecule has 1 aromatic heterocycles. The van der Waals surface area contributed by atoms with E-state index in [-0.39, 0.29) is 24.0 Å². The van der Waals surface area contributed by atoms with Gasteiger partial charge in [-0.25, -0.2) is 9.98 Å². The molecule has 1 aliphatic heterocycles. The molecule has 1 fully saturated rings. The van der Waals surface area contributed by atoms with Gasteiger partial charge in [0.05, 0.1) is 32.0 Å². The van der Waals surface area contributed by atoms with Crippen molar-refractivity contribution >= 4 is 29.9 Å². The molecule has 1 aliphatic rings. The van der Waals surface area contributed by atoms with Gasteiger partial charge in [0, 0.05) is 31.7 Å². The van der Waals surface area contributed by atoms with Crippen LogP contribution in [-0.4, -0.2) is 48.7 Å². The van der Waals surface area contributed by atoms with Gasteiger partial charge in [0.15, 0.2) is 5.96 Å². The number of morpholine rings is 1. The van der Waals surface area contributed by atoms with Crippen LogP contribution in [0.2, 0.25) is 0 Å². The Labute approximate surface area is 212 Å². The maximum atomic E-state index is 5.62. The van der Waals surface area contributed by atoms with Gasteiger partial charge in [-0.2, -0.15) is 0 Å². The van der Waals surface area contributed by atoms with Crippen LogP contribution in [-0.2, 0) is 24.4 Å². The number of halogens is 1. The average Bonchev–Trinajstić information content (AvgIpc) is 3.32. The molecule has 3 aromatic rings. The number of nitrogens with one attached hydrogen (secondary N) is 2. The van der Waals surface area contributed by atoms with Crippen molar-refractivity contribution in [1.29, 1.82) is 0 Å². The minimum absolute atomic E-state index is 0. The summed E-state index contributed by atoms with van der Waals surface area (Å²) in [6.45, 7) is 8.57. The van der Waals surface area contributed by atoms with Crippen molar-refractivity contribution in [2.24, 2.45) is 4.99 Å². The lowest BCUT2D eigenvalue weighted by Crippen LogP contribution is -2.36. The fourth-order valence-corrected chi connectivity index (χ4v) is 3.63. The van der Waals surface area contributed by atoms with Crippen molar-refractivity contribution in [3.8, 4) is 11.5 Å². The summed E-state index contributed by atoms with van der Waals surface area (Å²) < 4.78 is 11.1. The van der Waals surface area contributed by atoms with E-state index in [1.54, 1.807) is 6.26 Å². The number of hydrogen-bond acceptors (Lipinski definition) is 5. The standard InChI is InChI=1S/C25H31N5O2.HI/c1-2-26-25(28-17-23-19-32-24(29-23)22-9-4-3-5-10-22)27-16-20-7-6-8-21(15-20)18-30-11-13-31-14-12-30;/h3-10,15,19H,2,11-14,16-18H2,1H3,(H2,26,27,28);1H. The molecule has 176 valence electrons. The van der Waals surface area contributed by atoms with Crippen LogP contribution < -0.4 is 10.6 Å². The minimum atomic E-state index is 0. The quantitative estimate of drug-likeness (QED) is 0.246. The van der Waals surface area contributed by atoms with Crippen LogP contribution in [0.1, 0.15) is 23.7 Å². The lowest BCUT2D eigenvalue weighted by Gasteiger charge is -2.26.